The van der Waals surface area contributed by atoms with Gasteiger partial charge in [0.15, 0.2) is 0 Å². The van der Waals surface area contributed by atoms with Gasteiger partial charge >= 0.3 is 0 Å². The van der Waals surface area contributed by atoms with Crippen LogP contribution in [-0.4, -0.2) is 24.4 Å². The van der Waals surface area contributed by atoms with Crippen molar-refractivity contribution >= 4 is 0 Å². The summed E-state index contributed by atoms with van der Waals surface area (Å²) in [6, 6.07) is 6.39. The van der Waals surface area contributed by atoms with Crippen molar-refractivity contribution in [3.63, 3.8) is 0 Å². The van der Waals surface area contributed by atoms with Crippen LogP contribution in [0.15, 0.2) is 53.6 Å². The summed E-state index contributed by atoms with van der Waals surface area (Å²) in [6.45, 7) is 8.11. The number of methoxy groups -OCH3 is 1. The molecule has 1 aromatic carbocycles. The molecule has 1 fully saturated rings. The maximum absolute atomic E-state index is 14.6. The predicted octanol–water partition coefficient (Wildman–Crippen LogP) is 6.13. The van der Waals surface area contributed by atoms with Crippen molar-refractivity contribution in [2.45, 2.75) is 78.1 Å². The fourth-order valence-electron chi connectivity index (χ4n) is 3.84. The molecule has 0 aromatic heterocycles. The Bertz CT molecular complexity index is 753. The monoisotopic (exact) mass is 402 g/mol. The fraction of sp³-hybridized carbons (Fsp3) is 0.520. The average molecular weight is 403 g/mol. The van der Waals surface area contributed by atoms with E-state index in [0.717, 1.165) is 23.1 Å². The highest BCUT2D eigenvalue weighted by Gasteiger charge is 2.27. The van der Waals surface area contributed by atoms with E-state index in [-0.39, 0.29) is 24.1 Å². The largest absolute Gasteiger partial charge is 0.497 e. The molecule has 0 spiro atoms. The smallest absolute Gasteiger partial charge is 0.126 e. The van der Waals surface area contributed by atoms with Crippen LogP contribution in [0.1, 0.15) is 69.8 Å². The van der Waals surface area contributed by atoms with Gasteiger partial charge < -0.3 is 14.6 Å². The first-order valence-electron chi connectivity index (χ1n) is 10.7. The van der Waals surface area contributed by atoms with Crippen LogP contribution in [-0.2, 0) is 22.3 Å². The molecular formula is C25H35FO3. The number of hydrogen-bond donors (Lipinski definition) is 1. The van der Waals surface area contributed by atoms with Crippen molar-refractivity contribution in [1.82, 2.24) is 0 Å². The first-order chi connectivity index (χ1) is 14.0. The van der Waals surface area contributed by atoms with Gasteiger partial charge in [0, 0.05) is 12.5 Å². The van der Waals surface area contributed by atoms with Crippen LogP contribution in [0.5, 0.6) is 0 Å². The van der Waals surface area contributed by atoms with Gasteiger partial charge in [0.2, 0.25) is 0 Å². The van der Waals surface area contributed by atoms with Crippen LogP contribution in [0.3, 0.4) is 0 Å². The molecular weight excluding hydrogens is 367 g/mol. The highest BCUT2D eigenvalue weighted by Crippen LogP contribution is 2.33. The highest BCUT2D eigenvalue weighted by atomic mass is 19.1. The molecule has 3 rings (SSSR count). The zero-order chi connectivity index (χ0) is 21.4. The lowest BCUT2D eigenvalue weighted by molar-refractivity contribution is -0.0895. The maximum atomic E-state index is 14.6. The lowest BCUT2D eigenvalue weighted by atomic mass is 9.91. The molecule has 1 aliphatic carbocycles. The Kier molecular flexibility index (Phi) is 9.12. The number of benzene rings is 1. The van der Waals surface area contributed by atoms with Crippen LogP contribution in [0.2, 0.25) is 0 Å². The van der Waals surface area contributed by atoms with Crippen LogP contribution in [0, 0.1) is 0 Å². The second-order valence-corrected chi connectivity index (χ2v) is 7.48. The minimum atomic E-state index is -0.336. The summed E-state index contributed by atoms with van der Waals surface area (Å²) in [5.74, 6) is 0.308. The standard InChI is InChI=1S/C23H29FO3.C2H6/c1-4-16-9-17(11-18-6-5-7-21(26-3)14-22(18)24)12-19(10-16)23-13-20(25)8-15(2)27-23;1-2/h5,7,9-10,12,14-15,20,23,25H,4,6,8,11,13H2,1-3H3;1-2H3. The van der Waals surface area contributed by atoms with E-state index >= 15 is 0 Å². The van der Waals surface area contributed by atoms with E-state index in [0.29, 0.717) is 31.4 Å². The average Bonchev–Trinajstić information content (AvgIpc) is 2.89. The Morgan fingerprint density at radius 2 is 1.90 bits per heavy atom. The molecule has 1 aromatic rings. The third-order valence-electron chi connectivity index (χ3n) is 5.25. The number of ether oxygens (including phenoxy) is 2. The normalized spacial score (nSPS) is 24.4. The zero-order valence-corrected chi connectivity index (χ0v) is 18.4. The molecule has 1 heterocycles. The molecule has 29 heavy (non-hydrogen) atoms. The molecule has 2 aliphatic rings. The van der Waals surface area contributed by atoms with Crippen LogP contribution in [0.25, 0.3) is 0 Å². The van der Waals surface area contributed by atoms with E-state index in [2.05, 4.69) is 25.1 Å². The van der Waals surface area contributed by atoms with Crippen LogP contribution in [0.4, 0.5) is 4.39 Å². The Morgan fingerprint density at radius 1 is 1.17 bits per heavy atom. The fourth-order valence-corrected chi connectivity index (χ4v) is 3.84. The molecule has 1 N–H and O–H groups in total. The molecule has 0 saturated carbocycles. The zero-order valence-electron chi connectivity index (χ0n) is 18.4. The van der Waals surface area contributed by atoms with E-state index in [1.54, 1.807) is 13.2 Å². The summed E-state index contributed by atoms with van der Waals surface area (Å²) in [5, 5.41) is 10.1. The molecule has 3 atom stereocenters. The van der Waals surface area contributed by atoms with E-state index < -0.39 is 0 Å². The van der Waals surface area contributed by atoms with Crippen LogP contribution < -0.4 is 0 Å². The minimum Gasteiger partial charge on any atom is -0.497 e. The number of allylic oxidation sites excluding steroid dienone is 5. The molecule has 1 saturated heterocycles. The molecule has 0 radical (unpaired) electrons. The van der Waals surface area contributed by atoms with Gasteiger partial charge in [-0.1, -0.05) is 45.0 Å². The van der Waals surface area contributed by atoms with E-state index in [1.165, 1.54) is 11.6 Å². The van der Waals surface area contributed by atoms with Gasteiger partial charge in [0.25, 0.3) is 0 Å². The molecule has 3 nitrogen and oxygen atoms in total. The summed E-state index contributed by atoms with van der Waals surface area (Å²) in [6.07, 6.45) is 8.09. The van der Waals surface area contributed by atoms with E-state index in [9.17, 15) is 9.50 Å². The SMILES string of the molecule is CC.CCc1cc(CC2=C(F)C=C(OC)C=CC2)cc(C2CC(O)CC(C)O2)c1. The Morgan fingerprint density at radius 3 is 2.55 bits per heavy atom. The molecule has 4 heteroatoms. The summed E-state index contributed by atoms with van der Waals surface area (Å²) in [7, 11) is 1.55. The summed E-state index contributed by atoms with van der Waals surface area (Å²) >= 11 is 0. The third kappa shape index (κ3) is 6.55. The van der Waals surface area contributed by atoms with Gasteiger partial charge in [-0.25, -0.2) is 4.39 Å². The molecule has 0 amide bonds. The van der Waals surface area contributed by atoms with Crippen molar-refractivity contribution in [3.8, 4) is 0 Å². The maximum Gasteiger partial charge on any atom is 0.126 e. The number of aryl methyl sites for hydroxylation is 1. The predicted molar refractivity (Wildman–Crippen MR) is 116 cm³/mol. The van der Waals surface area contributed by atoms with Crippen LogP contribution >= 0.6 is 0 Å². The topological polar surface area (TPSA) is 38.7 Å². The lowest BCUT2D eigenvalue weighted by Gasteiger charge is -2.32. The summed E-state index contributed by atoms with van der Waals surface area (Å²) in [4.78, 5) is 0. The van der Waals surface area contributed by atoms with Crippen molar-refractivity contribution in [2.24, 2.45) is 0 Å². The summed E-state index contributed by atoms with van der Waals surface area (Å²) in [5.41, 5.74) is 4.11. The Labute approximate surface area is 174 Å². The van der Waals surface area contributed by atoms with Crippen molar-refractivity contribution in [2.75, 3.05) is 7.11 Å². The highest BCUT2D eigenvalue weighted by molar-refractivity contribution is 5.38. The first-order valence-corrected chi connectivity index (χ1v) is 10.7. The van der Waals surface area contributed by atoms with E-state index in [4.69, 9.17) is 9.47 Å². The summed E-state index contributed by atoms with van der Waals surface area (Å²) < 4.78 is 25.8. The number of rotatable bonds is 5. The number of aliphatic hydroxyl groups is 1. The second kappa shape index (κ2) is 11.3. The van der Waals surface area contributed by atoms with Gasteiger partial charge in [-0.3, -0.25) is 0 Å². The van der Waals surface area contributed by atoms with Gasteiger partial charge in [0.05, 0.1) is 25.4 Å². The molecule has 160 valence electrons. The van der Waals surface area contributed by atoms with Gasteiger partial charge in [-0.15, -0.1) is 0 Å². The van der Waals surface area contributed by atoms with Crippen molar-refractivity contribution in [1.29, 1.82) is 0 Å². The first kappa shape index (κ1) is 23.4. The molecule has 1 aliphatic heterocycles. The second-order valence-electron chi connectivity index (χ2n) is 7.48. The third-order valence-corrected chi connectivity index (χ3v) is 5.25. The lowest BCUT2D eigenvalue weighted by Crippen LogP contribution is -2.29. The number of aliphatic hydroxyl groups excluding tert-OH is 1. The Balaban J connectivity index is 0.00000145. The van der Waals surface area contributed by atoms with Gasteiger partial charge in [0.1, 0.15) is 11.6 Å². The number of halogens is 1. The Hall–Kier alpha value is -1.91. The van der Waals surface area contributed by atoms with Gasteiger partial charge in [-0.05, 0) is 60.9 Å². The molecule has 0 bridgehead atoms. The van der Waals surface area contributed by atoms with Crippen molar-refractivity contribution in [3.05, 3.63) is 70.3 Å². The molecule has 3 unspecified atom stereocenters. The van der Waals surface area contributed by atoms with E-state index in [1.807, 2.05) is 26.8 Å². The minimum absolute atomic E-state index is 0.0391. The van der Waals surface area contributed by atoms with Crippen molar-refractivity contribution < 1.29 is 19.0 Å². The van der Waals surface area contributed by atoms with Gasteiger partial charge in [-0.2, -0.15) is 0 Å². The number of hydrogen-bond acceptors (Lipinski definition) is 3. The quantitative estimate of drug-likeness (QED) is 0.644.